The molecule has 0 saturated heterocycles. The summed E-state index contributed by atoms with van der Waals surface area (Å²) in [4.78, 5) is 3.99. The third kappa shape index (κ3) is 5.24. The van der Waals surface area contributed by atoms with Gasteiger partial charge < -0.3 is 5.32 Å². The van der Waals surface area contributed by atoms with Gasteiger partial charge in [-0.05, 0) is 36.2 Å². The maximum absolute atomic E-state index is 13.6. The van der Waals surface area contributed by atoms with Crippen LogP contribution in [0.3, 0.4) is 0 Å². The van der Waals surface area contributed by atoms with Crippen LogP contribution in [0.2, 0.25) is 0 Å². The Morgan fingerprint density at radius 1 is 0.889 bits per heavy atom. The fourth-order valence-electron chi connectivity index (χ4n) is 2.40. The van der Waals surface area contributed by atoms with Crippen molar-refractivity contribution in [2.45, 2.75) is 6.42 Å². The van der Waals surface area contributed by atoms with E-state index in [9.17, 15) is 17.2 Å². The Bertz CT molecular complexity index is 991. The molecule has 3 aromatic rings. The molecule has 0 unspecified atom stereocenters. The fourth-order valence-corrected chi connectivity index (χ4v) is 3.49. The number of pyridine rings is 1. The minimum Gasteiger partial charge on any atom is -0.335 e. The number of nitrogens with zero attached hydrogens (tertiary/aromatic N) is 1. The van der Waals surface area contributed by atoms with Crippen LogP contribution in [0.4, 0.5) is 26.0 Å². The van der Waals surface area contributed by atoms with E-state index >= 15 is 0 Å². The first-order valence-corrected chi connectivity index (χ1v) is 9.80. The molecule has 0 aliphatic heterocycles. The van der Waals surface area contributed by atoms with Gasteiger partial charge in [-0.25, -0.2) is 22.2 Å². The number of hydrogen-bond donors (Lipinski definition) is 2. The molecule has 8 heteroatoms. The number of hydrogen-bond acceptors (Lipinski definition) is 4. The summed E-state index contributed by atoms with van der Waals surface area (Å²) in [6.45, 7) is 0. The van der Waals surface area contributed by atoms with Crippen molar-refractivity contribution in [2.24, 2.45) is 0 Å². The summed E-state index contributed by atoms with van der Waals surface area (Å²) in [5.41, 5.74) is 0.872. The monoisotopic (exact) mass is 389 g/mol. The van der Waals surface area contributed by atoms with Gasteiger partial charge in [0.2, 0.25) is 10.0 Å². The van der Waals surface area contributed by atoms with Gasteiger partial charge in [-0.2, -0.15) is 0 Å². The van der Waals surface area contributed by atoms with Crippen molar-refractivity contribution >= 4 is 27.2 Å². The van der Waals surface area contributed by atoms with Gasteiger partial charge in [0.05, 0.1) is 17.6 Å². The predicted octanol–water partition coefficient (Wildman–Crippen LogP) is 4.09. The number of aromatic nitrogens is 1. The zero-order valence-electron chi connectivity index (χ0n) is 14.2. The summed E-state index contributed by atoms with van der Waals surface area (Å²) in [5.74, 6) is -1.38. The number of benzene rings is 2. The molecule has 1 heterocycles. The molecule has 5 nitrogen and oxygen atoms in total. The number of halogens is 2. The van der Waals surface area contributed by atoms with Crippen LogP contribution in [-0.2, 0) is 16.4 Å². The second kappa shape index (κ2) is 8.13. The minimum atomic E-state index is -3.55. The number of nitrogens with one attached hydrogen (secondary N) is 2. The second-order valence-corrected chi connectivity index (χ2v) is 7.65. The molecule has 1 aromatic heterocycles. The molecule has 0 aliphatic rings. The van der Waals surface area contributed by atoms with Crippen LogP contribution in [0.15, 0.2) is 66.9 Å². The molecule has 27 heavy (non-hydrogen) atoms. The Morgan fingerprint density at radius 2 is 1.59 bits per heavy atom. The molecular formula is C19H17F2N3O2S. The summed E-state index contributed by atoms with van der Waals surface area (Å²) in [6.07, 6.45) is 1.66. The van der Waals surface area contributed by atoms with Gasteiger partial charge in [0, 0.05) is 0 Å². The Balaban J connectivity index is 1.63. The van der Waals surface area contributed by atoms with Gasteiger partial charge in [-0.3, -0.25) is 4.72 Å². The smallest absolute Gasteiger partial charge is 0.233 e. The van der Waals surface area contributed by atoms with Crippen molar-refractivity contribution in [3.8, 4) is 0 Å². The normalized spacial score (nSPS) is 11.2. The minimum absolute atomic E-state index is 0.0720. The Morgan fingerprint density at radius 3 is 2.22 bits per heavy atom. The van der Waals surface area contributed by atoms with Gasteiger partial charge in [-0.15, -0.1) is 0 Å². The van der Waals surface area contributed by atoms with Gasteiger partial charge >= 0.3 is 0 Å². The maximum Gasteiger partial charge on any atom is 0.233 e. The van der Waals surface area contributed by atoms with Gasteiger partial charge in [0.15, 0.2) is 0 Å². The van der Waals surface area contributed by atoms with Crippen LogP contribution in [0, 0.1) is 11.6 Å². The van der Waals surface area contributed by atoms with E-state index in [1.807, 2.05) is 30.3 Å². The van der Waals surface area contributed by atoms with Gasteiger partial charge in [0.1, 0.15) is 23.1 Å². The van der Waals surface area contributed by atoms with Crippen LogP contribution < -0.4 is 10.0 Å². The molecular weight excluding hydrogens is 372 g/mol. The number of anilines is 3. The molecule has 3 rings (SSSR count). The first-order valence-electron chi connectivity index (χ1n) is 8.14. The molecule has 0 saturated carbocycles. The second-order valence-electron chi connectivity index (χ2n) is 5.81. The predicted molar refractivity (Wildman–Crippen MR) is 101 cm³/mol. The Hall–Kier alpha value is -3.00. The average molecular weight is 389 g/mol. The summed E-state index contributed by atoms with van der Waals surface area (Å²) >= 11 is 0. The van der Waals surface area contributed by atoms with Crippen molar-refractivity contribution in [2.75, 3.05) is 15.8 Å². The van der Waals surface area contributed by atoms with Crippen molar-refractivity contribution in [3.05, 3.63) is 84.1 Å². The number of sulfonamides is 1. The lowest BCUT2D eigenvalue weighted by Gasteiger charge is -2.10. The van der Waals surface area contributed by atoms with Crippen molar-refractivity contribution in [3.63, 3.8) is 0 Å². The van der Waals surface area contributed by atoms with E-state index in [1.54, 1.807) is 0 Å². The molecule has 2 N–H and O–H groups in total. The van der Waals surface area contributed by atoms with Crippen LogP contribution in [-0.4, -0.2) is 19.2 Å². The first kappa shape index (κ1) is 18.8. The molecule has 0 amide bonds. The van der Waals surface area contributed by atoms with Crippen LogP contribution in [0.1, 0.15) is 5.56 Å². The van der Waals surface area contributed by atoms with Crippen molar-refractivity contribution in [1.82, 2.24) is 4.98 Å². The zero-order valence-corrected chi connectivity index (χ0v) is 15.0. The van der Waals surface area contributed by atoms with Crippen LogP contribution >= 0.6 is 0 Å². The number of rotatable bonds is 7. The zero-order chi connectivity index (χ0) is 19.3. The highest BCUT2D eigenvalue weighted by Crippen LogP contribution is 2.22. The Kier molecular flexibility index (Phi) is 5.66. The number of para-hydroxylation sites is 1. The number of aryl methyl sites for hydroxylation is 1. The highest BCUT2D eigenvalue weighted by molar-refractivity contribution is 7.92. The van der Waals surface area contributed by atoms with E-state index in [0.717, 1.165) is 17.7 Å². The average Bonchev–Trinajstić information content (AvgIpc) is 2.65. The lowest BCUT2D eigenvalue weighted by atomic mass is 10.2. The van der Waals surface area contributed by atoms with E-state index in [0.29, 0.717) is 6.42 Å². The third-order valence-electron chi connectivity index (χ3n) is 3.75. The lowest BCUT2D eigenvalue weighted by Crippen LogP contribution is -2.18. The summed E-state index contributed by atoms with van der Waals surface area (Å²) < 4.78 is 54.1. The van der Waals surface area contributed by atoms with Crippen LogP contribution in [0.5, 0.6) is 0 Å². The first-order chi connectivity index (χ1) is 12.9. The molecule has 140 valence electrons. The third-order valence-corrected chi connectivity index (χ3v) is 5.04. The van der Waals surface area contributed by atoms with E-state index in [1.165, 1.54) is 24.4 Å². The summed E-state index contributed by atoms with van der Waals surface area (Å²) in [5, 5.41) is 2.54. The van der Waals surface area contributed by atoms with E-state index in [4.69, 9.17) is 0 Å². The Labute approximate surface area is 156 Å². The molecule has 0 atom stereocenters. The summed E-state index contributed by atoms with van der Waals surface area (Å²) in [7, 11) is -3.55. The molecule has 0 spiro atoms. The fraction of sp³-hybridized carbons (Fsp3) is 0.105. The van der Waals surface area contributed by atoms with Crippen LogP contribution in [0.25, 0.3) is 0 Å². The van der Waals surface area contributed by atoms with Gasteiger partial charge in [0.25, 0.3) is 0 Å². The molecule has 2 aromatic carbocycles. The van der Waals surface area contributed by atoms with Gasteiger partial charge in [-0.1, -0.05) is 36.4 Å². The highest BCUT2D eigenvalue weighted by atomic mass is 32.2. The topological polar surface area (TPSA) is 71.1 Å². The highest BCUT2D eigenvalue weighted by Gasteiger charge is 2.12. The standard InChI is InChI=1S/C19H17F2N3O2S/c20-16-7-4-8-17(21)19(16)23-18-10-9-15(13-22-18)24-27(25,26)12-11-14-5-2-1-3-6-14/h1-10,13,24H,11-12H2,(H,22,23). The van der Waals surface area contributed by atoms with E-state index in [2.05, 4.69) is 15.0 Å². The largest absolute Gasteiger partial charge is 0.335 e. The quantitative estimate of drug-likeness (QED) is 0.639. The van der Waals surface area contributed by atoms with E-state index in [-0.39, 0.29) is 22.9 Å². The molecule has 0 fully saturated rings. The van der Waals surface area contributed by atoms with Crippen molar-refractivity contribution in [1.29, 1.82) is 0 Å². The van der Waals surface area contributed by atoms with Crippen molar-refractivity contribution < 1.29 is 17.2 Å². The molecule has 0 aliphatic carbocycles. The lowest BCUT2D eigenvalue weighted by molar-refractivity contribution is 0.590. The molecule has 0 bridgehead atoms. The van der Waals surface area contributed by atoms with E-state index < -0.39 is 21.7 Å². The summed E-state index contributed by atoms with van der Waals surface area (Å²) in [6, 6.07) is 15.7. The molecule has 0 radical (unpaired) electrons. The maximum atomic E-state index is 13.6. The SMILES string of the molecule is O=S(=O)(CCc1ccccc1)Nc1ccc(Nc2c(F)cccc2F)nc1.